The predicted octanol–water partition coefficient (Wildman–Crippen LogP) is 4.96. The van der Waals surface area contributed by atoms with Crippen molar-refractivity contribution in [3.8, 4) is 5.75 Å². The van der Waals surface area contributed by atoms with Crippen LogP contribution >= 0.6 is 0 Å². The van der Waals surface area contributed by atoms with E-state index in [2.05, 4.69) is 15.1 Å². The average Bonchev–Trinajstić information content (AvgIpc) is 2.96. The van der Waals surface area contributed by atoms with Gasteiger partial charge in [0, 0.05) is 37.6 Å². The molecule has 0 radical (unpaired) electrons. The van der Waals surface area contributed by atoms with E-state index in [1.54, 1.807) is 37.4 Å². The fraction of sp³-hybridized carbons (Fsp3) is 0.250. The van der Waals surface area contributed by atoms with Crippen molar-refractivity contribution in [1.29, 1.82) is 0 Å². The molecule has 3 N–H and O–H groups in total. The van der Waals surface area contributed by atoms with Gasteiger partial charge < -0.3 is 30.1 Å². The summed E-state index contributed by atoms with van der Waals surface area (Å²) < 4.78 is 50.3. The molecule has 0 bridgehead atoms. The second kappa shape index (κ2) is 14.0. The smallest absolute Gasteiger partial charge is 0.490 e. The fourth-order valence-corrected chi connectivity index (χ4v) is 3.84. The highest BCUT2D eigenvalue weighted by atomic mass is 19.4. The molecule has 41 heavy (non-hydrogen) atoms. The Morgan fingerprint density at radius 3 is 2.17 bits per heavy atom. The van der Waals surface area contributed by atoms with Crippen molar-refractivity contribution in [1.82, 2.24) is 4.90 Å². The summed E-state index contributed by atoms with van der Waals surface area (Å²) >= 11 is 0. The topological polar surface area (TPSA) is 115 Å². The summed E-state index contributed by atoms with van der Waals surface area (Å²) in [6.45, 7) is 3.36. The Kier molecular flexibility index (Phi) is 10.5. The monoisotopic (exact) mass is 576 g/mol. The Morgan fingerprint density at radius 2 is 1.59 bits per heavy atom. The number of ether oxygens (including phenoxy) is 1. The van der Waals surface area contributed by atoms with Crippen molar-refractivity contribution < 1.29 is 42.1 Å². The number of methoxy groups -OCH3 is 1. The largest absolute Gasteiger partial charge is 0.497 e. The van der Waals surface area contributed by atoms with E-state index < -0.39 is 18.1 Å². The first-order valence-corrected chi connectivity index (χ1v) is 12.3. The lowest BCUT2D eigenvalue weighted by Gasteiger charge is -2.37. The number of rotatable bonds is 6. The number of hydrogen-bond donors (Lipinski definition) is 3. The number of aromatic carboxylic acids is 1. The molecule has 0 aliphatic carbocycles. The van der Waals surface area contributed by atoms with Gasteiger partial charge in [-0.25, -0.2) is 19.0 Å². The molecule has 1 heterocycles. The lowest BCUT2D eigenvalue weighted by molar-refractivity contribution is -0.192. The number of carboxylic acids is 2. The van der Waals surface area contributed by atoms with Crippen molar-refractivity contribution in [2.75, 3.05) is 43.5 Å². The lowest BCUT2D eigenvalue weighted by atomic mass is 10.2. The van der Waals surface area contributed by atoms with Crippen LogP contribution in [-0.4, -0.2) is 72.5 Å². The lowest BCUT2D eigenvalue weighted by Crippen LogP contribution is -2.50. The minimum Gasteiger partial charge on any atom is -0.497 e. The van der Waals surface area contributed by atoms with Gasteiger partial charge in [-0.15, -0.1) is 0 Å². The molecule has 218 valence electrons. The van der Waals surface area contributed by atoms with Crippen LogP contribution in [0.5, 0.6) is 5.75 Å². The zero-order valence-electron chi connectivity index (χ0n) is 21.9. The normalized spacial score (nSPS) is 13.6. The van der Waals surface area contributed by atoms with Gasteiger partial charge >= 0.3 is 18.1 Å². The quantitative estimate of drug-likeness (QED) is 0.215. The highest BCUT2D eigenvalue weighted by Crippen LogP contribution is 2.19. The van der Waals surface area contributed by atoms with Crippen LogP contribution in [0, 0.1) is 5.82 Å². The zero-order valence-corrected chi connectivity index (χ0v) is 21.9. The van der Waals surface area contributed by atoms with E-state index in [0.29, 0.717) is 31.3 Å². The Balaban J connectivity index is 0.000000587. The third kappa shape index (κ3) is 9.41. The molecule has 13 heteroatoms. The van der Waals surface area contributed by atoms with Gasteiger partial charge in [0.25, 0.3) is 0 Å². The fourth-order valence-electron chi connectivity index (χ4n) is 3.84. The number of piperazine rings is 1. The molecule has 1 saturated heterocycles. The first kappa shape index (κ1) is 30.7. The van der Waals surface area contributed by atoms with Crippen LogP contribution < -0.4 is 15.0 Å². The van der Waals surface area contributed by atoms with Gasteiger partial charge in [-0.1, -0.05) is 18.2 Å². The minimum absolute atomic E-state index is 0.207. The SMILES string of the molecule is COc1cccc(CN=C(Nc2cccc(C(=O)O)c2)N2CCN(c3ccc(F)cc3)CC2)c1.O=C(O)C(F)(F)F. The molecule has 1 aliphatic rings. The maximum atomic E-state index is 13.3. The number of halogens is 4. The van der Waals surface area contributed by atoms with E-state index in [-0.39, 0.29) is 11.4 Å². The zero-order chi connectivity index (χ0) is 30.0. The third-order valence-electron chi connectivity index (χ3n) is 5.92. The highest BCUT2D eigenvalue weighted by Gasteiger charge is 2.38. The number of carboxylic acid groups (broad SMARTS) is 2. The molecule has 4 rings (SSSR count). The van der Waals surface area contributed by atoms with E-state index >= 15 is 0 Å². The molecule has 0 spiro atoms. The first-order chi connectivity index (χ1) is 19.5. The molecular formula is C28H28F4N4O5. The Labute approximate surface area is 233 Å². The highest BCUT2D eigenvalue weighted by molar-refractivity contribution is 5.96. The van der Waals surface area contributed by atoms with Gasteiger partial charge in [0.1, 0.15) is 11.6 Å². The second-order valence-corrected chi connectivity index (χ2v) is 8.76. The van der Waals surface area contributed by atoms with Crippen molar-refractivity contribution in [2.24, 2.45) is 4.99 Å². The number of aliphatic carboxylic acids is 1. The molecular weight excluding hydrogens is 548 g/mol. The molecule has 3 aromatic carbocycles. The summed E-state index contributed by atoms with van der Waals surface area (Å²) in [7, 11) is 1.63. The van der Waals surface area contributed by atoms with Crippen LogP contribution in [0.15, 0.2) is 77.8 Å². The van der Waals surface area contributed by atoms with E-state index in [1.807, 2.05) is 30.3 Å². The van der Waals surface area contributed by atoms with Crippen LogP contribution in [0.25, 0.3) is 0 Å². The van der Waals surface area contributed by atoms with Crippen molar-refractivity contribution in [3.05, 3.63) is 89.7 Å². The summed E-state index contributed by atoms with van der Waals surface area (Å²) in [6.07, 6.45) is -5.08. The Morgan fingerprint density at radius 1 is 0.951 bits per heavy atom. The second-order valence-electron chi connectivity index (χ2n) is 8.76. The average molecular weight is 577 g/mol. The summed E-state index contributed by atoms with van der Waals surface area (Å²) in [6, 6.07) is 20.9. The summed E-state index contributed by atoms with van der Waals surface area (Å²) in [5, 5.41) is 19.8. The van der Waals surface area contributed by atoms with Crippen LogP contribution in [0.2, 0.25) is 0 Å². The van der Waals surface area contributed by atoms with Gasteiger partial charge in [-0.05, 0) is 60.2 Å². The number of guanidine groups is 1. The van der Waals surface area contributed by atoms with Crippen LogP contribution in [-0.2, 0) is 11.3 Å². The molecule has 1 fully saturated rings. The summed E-state index contributed by atoms with van der Waals surface area (Å²) in [4.78, 5) is 29.5. The molecule has 1 aliphatic heterocycles. The van der Waals surface area contributed by atoms with E-state index in [4.69, 9.17) is 19.6 Å². The molecule has 0 atom stereocenters. The molecule has 3 aromatic rings. The van der Waals surface area contributed by atoms with Gasteiger partial charge in [0.15, 0.2) is 5.96 Å². The molecule has 0 amide bonds. The molecule has 0 unspecified atom stereocenters. The van der Waals surface area contributed by atoms with E-state index in [9.17, 15) is 27.5 Å². The molecule has 0 saturated carbocycles. The van der Waals surface area contributed by atoms with Crippen LogP contribution in [0.1, 0.15) is 15.9 Å². The number of benzene rings is 3. The van der Waals surface area contributed by atoms with Crippen LogP contribution in [0.3, 0.4) is 0 Å². The minimum atomic E-state index is -5.08. The maximum absolute atomic E-state index is 13.3. The molecule has 0 aromatic heterocycles. The molecule has 9 nitrogen and oxygen atoms in total. The first-order valence-electron chi connectivity index (χ1n) is 12.3. The predicted molar refractivity (Wildman–Crippen MR) is 145 cm³/mol. The summed E-state index contributed by atoms with van der Waals surface area (Å²) in [5.74, 6) is -2.55. The standard InChI is InChI=1S/C26H27FN4O3.C2HF3O2/c1-34-24-7-2-4-19(16-24)18-28-26(29-22-6-3-5-20(17-22)25(32)33)31-14-12-30(13-15-31)23-10-8-21(27)9-11-23;3-2(4,5)1(6)7/h2-11,16-17H,12-15,18H2,1H3,(H,28,29)(H,32,33);(H,6,7). The van der Waals surface area contributed by atoms with Crippen molar-refractivity contribution in [3.63, 3.8) is 0 Å². The number of hydrogen-bond acceptors (Lipinski definition) is 5. The van der Waals surface area contributed by atoms with Gasteiger partial charge in [-0.3, -0.25) is 0 Å². The third-order valence-corrected chi connectivity index (χ3v) is 5.92. The number of nitrogens with one attached hydrogen (secondary N) is 1. The summed E-state index contributed by atoms with van der Waals surface area (Å²) in [5.41, 5.74) is 2.85. The van der Waals surface area contributed by atoms with Gasteiger partial charge in [0.05, 0.1) is 19.2 Å². The van der Waals surface area contributed by atoms with E-state index in [1.165, 1.54) is 12.1 Å². The van der Waals surface area contributed by atoms with Gasteiger partial charge in [0.2, 0.25) is 0 Å². The van der Waals surface area contributed by atoms with Crippen molar-refractivity contribution in [2.45, 2.75) is 12.7 Å². The van der Waals surface area contributed by atoms with Gasteiger partial charge in [-0.2, -0.15) is 13.2 Å². The number of carbonyl (C=O) groups is 2. The number of aliphatic imine (C=N–C) groups is 1. The number of nitrogens with zero attached hydrogens (tertiary/aromatic N) is 3. The van der Waals surface area contributed by atoms with E-state index in [0.717, 1.165) is 30.1 Å². The maximum Gasteiger partial charge on any atom is 0.490 e. The van der Waals surface area contributed by atoms with Crippen LogP contribution in [0.4, 0.5) is 28.9 Å². The van der Waals surface area contributed by atoms with Crippen molar-refractivity contribution >= 4 is 29.3 Å². The Bertz CT molecular complexity index is 1360. The number of alkyl halides is 3. The Hall–Kier alpha value is -4.81. The number of anilines is 2.